The van der Waals surface area contributed by atoms with E-state index >= 15 is 0 Å². The number of aryl methyl sites for hydroxylation is 2. The van der Waals surface area contributed by atoms with Gasteiger partial charge in [-0.25, -0.2) is 8.42 Å². The summed E-state index contributed by atoms with van der Waals surface area (Å²) in [6, 6.07) is 20.9. The van der Waals surface area contributed by atoms with Crippen molar-refractivity contribution in [2.75, 3.05) is 17.4 Å². The minimum Gasteiger partial charge on any atom is -0.350 e. The van der Waals surface area contributed by atoms with Gasteiger partial charge in [0.1, 0.15) is 12.6 Å². The number of nitrogens with one attached hydrogen (secondary N) is 1. The Bertz CT molecular complexity index is 1430. The molecule has 8 heteroatoms. The van der Waals surface area contributed by atoms with Crippen LogP contribution in [0.4, 0.5) is 5.69 Å². The first kappa shape index (κ1) is 30.9. The highest BCUT2D eigenvalue weighted by molar-refractivity contribution is 7.92. The van der Waals surface area contributed by atoms with Gasteiger partial charge in [-0.2, -0.15) is 0 Å². The molecule has 3 aromatic rings. The summed E-state index contributed by atoms with van der Waals surface area (Å²) < 4.78 is 29.2. The molecule has 2 amide bonds. The van der Waals surface area contributed by atoms with Crippen LogP contribution in [-0.4, -0.2) is 49.8 Å². The number of carbonyl (C=O) groups excluding carboxylic acids is 2. The molecule has 3 aromatic carbocycles. The van der Waals surface area contributed by atoms with Crippen molar-refractivity contribution >= 4 is 27.5 Å². The molecule has 0 aliphatic carbocycles. The fourth-order valence-corrected chi connectivity index (χ4v) is 5.87. The zero-order valence-electron chi connectivity index (χ0n) is 24.6. The molecular formula is C32H41N3O4S. The molecule has 40 heavy (non-hydrogen) atoms. The largest absolute Gasteiger partial charge is 0.350 e. The number of amides is 2. The number of hydrogen-bond donors (Lipinski definition) is 1. The molecule has 0 saturated heterocycles. The molecule has 0 aromatic heterocycles. The van der Waals surface area contributed by atoms with E-state index in [-0.39, 0.29) is 17.3 Å². The van der Waals surface area contributed by atoms with Gasteiger partial charge < -0.3 is 10.2 Å². The van der Waals surface area contributed by atoms with Crippen molar-refractivity contribution in [3.8, 4) is 0 Å². The van der Waals surface area contributed by atoms with Crippen molar-refractivity contribution in [2.45, 2.75) is 71.4 Å². The summed E-state index contributed by atoms with van der Waals surface area (Å²) in [5.41, 5.74) is 3.57. The maximum Gasteiger partial charge on any atom is 0.264 e. The molecule has 1 N–H and O–H groups in total. The average molecular weight is 564 g/mol. The van der Waals surface area contributed by atoms with E-state index in [1.54, 1.807) is 43.3 Å². The first-order valence-electron chi connectivity index (χ1n) is 13.5. The summed E-state index contributed by atoms with van der Waals surface area (Å²) in [5.74, 6) is -0.752. The van der Waals surface area contributed by atoms with Gasteiger partial charge in [0.05, 0.1) is 10.6 Å². The molecule has 0 aliphatic rings. The highest BCUT2D eigenvalue weighted by Gasteiger charge is 2.33. The minimum atomic E-state index is -4.10. The Labute approximate surface area is 239 Å². The second kappa shape index (κ2) is 12.7. The summed E-state index contributed by atoms with van der Waals surface area (Å²) in [6.07, 6.45) is 0.522. The van der Waals surface area contributed by atoms with Gasteiger partial charge in [-0.15, -0.1) is 0 Å². The topological polar surface area (TPSA) is 86.8 Å². The molecule has 0 aliphatic heterocycles. The van der Waals surface area contributed by atoms with Gasteiger partial charge in [0.15, 0.2) is 0 Å². The maximum absolute atomic E-state index is 14.0. The number of sulfonamides is 1. The van der Waals surface area contributed by atoms with Gasteiger partial charge in [0, 0.05) is 12.1 Å². The second-order valence-electron chi connectivity index (χ2n) is 11.3. The first-order chi connectivity index (χ1) is 18.7. The third-order valence-electron chi connectivity index (χ3n) is 6.88. The Hall–Kier alpha value is -3.65. The standard InChI is InChI=1S/C32H41N3O4S/c1-23-16-18-28(19-17-23)40(38,39)35(29-15-11-12-24(2)25(29)3)22-30(36)34(21-20-27-13-9-8-10-14-27)26(4)31(37)33-32(5,6)7/h8-19,26H,20-22H2,1-7H3,(H,33,37)/t26-/m1/s1. The molecule has 0 heterocycles. The Balaban J connectivity index is 2.03. The summed E-state index contributed by atoms with van der Waals surface area (Å²) >= 11 is 0. The quantitative estimate of drug-likeness (QED) is 0.368. The van der Waals surface area contributed by atoms with Crippen LogP contribution < -0.4 is 9.62 Å². The second-order valence-corrected chi connectivity index (χ2v) is 13.1. The van der Waals surface area contributed by atoms with E-state index in [0.717, 1.165) is 22.3 Å². The van der Waals surface area contributed by atoms with Crippen LogP contribution in [0.15, 0.2) is 77.7 Å². The monoisotopic (exact) mass is 563 g/mol. The van der Waals surface area contributed by atoms with Gasteiger partial charge in [-0.05, 0) is 89.8 Å². The van der Waals surface area contributed by atoms with Gasteiger partial charge in [0.25, 0.3) is 10.0 Å². The van der Waals surface area contributed by atoms with Gasteiger partial charge in [-0.3, -0.25) is 13.9 Å². The van der Waals surface area contributed by atoms with Crippen molar-refractivity contribution in [2.24, 2.45) is 0 Å². The van der Waals surface area contributed by atoms with Crippen LogP contribution in [0, 0.1) is 20.8 Å². The van der Waals surface area contributed by atoms with E-state index in [1.807, 2.05) is 77.9 Å². The highest BCUT2D eigenvalue weighted by Crippen LogP contribution is 2.29. The smallest absolute Gasteiger partial charge is 0.264 e. The fraction of sp³-hybridized carbons (Fsp3) is 0.375. The van der Waals surface area contributed by atoms with Crippen LogP contribution in [0.2, 0.25) is 0 Å². The van der Waals surface area contributed by atoms with E-state index in [1.165, 1.54) is 9.21 Å². The molecule has 0 spiro atoms. The van der Waals surface area contributed by atoms with Crippen LogP contribution in [0.5, 0.6) is 0 Å². The van der Waals surface area contributed by atoms with Crippen LogP contribution in [0.25, 0.3) is 0 Å². The fourth-order valence-electron chi connectivity index (χ4n) is 4.40. The normalized spacial score (nSPS) is 12.5. The molecule has 0 saturated carbocycles. The summed E-state index contributed by atoms with van der Waals surface area (Å²) in [6.45, 7) is 12.8. The predicted octanol–water partition coefficient (Wildman–Crippen LogP) is 5.18. The number of rotatable bonds is 10. The summed E-state index contributed by atoms with van der Waals surface area (Å²) in [7, 11) is -4.10. The lowest BCUT2D eigenvalue weighted by atomic mass is 10.1. The molecule has 0 unspecified atom stereocenters. The van der Waals surface area contributed by atoms with Crippen molar-refractivity contribution in [1.29, 1.82) is 0 Å². The summed E-state index contributed by atoms with van der Waals surface area (Å²) in [5, 5.41) is 2.95. The van der Waals surface area contributed by atoms with Gasteiger partial charge >= 0.3 is 0 Å². The van der Waals surface area contributed by atoms with E-state index < -0.39 is 34.1 Å². The van der Waals surface area contributed by atoms with E-state index in [4.69, 9.17) is 0 Å². The molecule has 0 fully saturated rings. The van der Waals surface area contributed by atoms with E-state index in [0.29, 0.717) is 12.1 Å². The van der Waals surface area contributed by atoms with Gasteiger partial charge in [0.2, 0.25) is 11.8 Å². The Morgan fingerprint density at radius 1 is 0.875 bits per heavy atom. The molecule has 0 bridgehead atoms. The van der Waals surface area contributed by atoms with Crippen molar-refractivity contribution in [3.63, 3.8) is 0 Å². The number of nitrogens with zero attached hydrogens (tertiary/aromatic N) is 2. The molecule has 7 nitrogen and oxygen atoms in total. The van der Waals surface area contributed by atoms with Crippen LogP contribution in [-0.2, 0) is 26.0 Å². The molecule has 3 rings (SSSR count). The van der Waals surface area contributed by atoms with Crippen molar-refractivity contribution < 1.29 is 18.0 Å². The number of carbonyl (C=O) groups is 2. The lowest BCUT2D eigenvalue weighted by Gasteiger charge is -2.34. The van der Waals surface area contributed by atoms with Crippen LogP contribution in [0.1, 0.15) is 49.9 Å². The third-order valence-corrected chi connectivity index (χ3v) is 8.66. The molecule has 0 radical (unpaired) electrons. The van der Waals surface area contributed by atoms with Gasteiger partial charge in [-0.1, -0.05) is 60.2 Å². The van der Waals surface area contributed by atoms with E-state index in [2.05, 4.69) is 5.32 Å². The molecular weight excluding hydrogens is 522 g/mol. The molecule has 1 atom stereocenters. The SMILES string of the molecule is Cc1ccc(S(=O)(=O)N(CC(=O)N(CCc2ccccc2)[C@H](C)C(=O)NC(C)(C)C)c2cccc(C)c2C)cc1. The van der Waals surface area contributed by atoms with Crippen molar-refractivity contribution in [3.05, 3.63) is 95.1 Å². The average Bonchev–Trinajstić information content (AvgIpc) is 2.89. The Morgan fingerprint density at radius 3 is 2.10 bits per heavy atom. The summed E-state index contributed by atoms with van der Waals surface area (Å²) in [4.78, 5) is 28.8. The number of benzene rings is 3. The maximum atomic E-state index is 14.0. The minimum absolute atomic E-state index is 0.0983. The predicted molar refractivity (Wildman–Crippen MR) is 161 cm³/mol. The number of anilines is 1. The lowest BCUT2D eigenvalue weighted by molar-refractivity contribution is -0.139. The van der Waals surface area contributed by atoms with Crippen LogP contribution >= 0.6 is 0 Å². The Morgan fingerprint density at radius 2 is 1.50 bits per heavy atom. The van der Waals surface area contributed by atoms with E-state index in [9.17, 15) is 18.0 Å². The number of hydrogen-bond acceptors (Lipinski definition) is 4. The zero-order chi connectivity index (χ0) is 29.7. The highest BCUT2D eigenvalue weighted by atomic mass is 32.2. The van der Waals surface area contributed by atoms with Crippen molar-refractivity contribution in [1.82, 2.24) is 10.2 Å². The Kier molecular flexibility index (Phi) is 9.79. The lowest BCUT2D eigenvalue weighted by Crippen LogP contribution is -2.55. The third kappa shape index (κ3) is 7.72. The van der Waals surface area contributed by atoms with Crippen LogP contribution in [0.3, 0.4) is 0 Å². The first-order valence-corrected chi connectivity index (χ1v) is 15.0. The molecule has 214 valence electrons. The zero-order valence-corrected chi connectivity index (χ0v) is 25.4.